The number of benzene rings is 1. The lowest BCUT2D eigenvalue weighted by molar-refractivity contribution is -0.132. The van der Waals surface area contributed by atoms with Gasteiger partial charge in [-0.25, -0.2) is 0 Å². The van der Waals surface area contributed by atoms with Crippen LogP contribution >= 0.6 is 11.6 Å². The molecule has 2 rings (SSSR count). The molecule has 0 aromatic heterocycles. The molecule has 4 heteroatoms. The highest BCUT2D eigenvalue weighted by molar-refractivity contribution is 6.30. The molecule has 1 aromatic rings. The van der Waals surface area contributed by atoms with Gasteiger partial charge in [0.2, 0.25) is 5.91 Å². The quantitative estimate of drug-likeness (QED) is 0.912. The number of nitrogens with zero attached hydrogens (tertiary/aromatic N) is 1. The molecule has 0 radical (unpaired) electrons. The number of halogens is 1. The number of carbonyl (C=O) groups is 1. The Morgan fingerprint density at radius 1 is 1.50 bits per heavy atom. The minimum atomic E-state index is 0.239. The van der Waals surface area contributed by atoms with Crippen molar-refractivity contribution in [1.82, 2.24) is 10.2 Å². The number of hydrogen-bond acceptors (Lipinski definition) is 2. The van der Waals surface area contributed by atoms with E-state index in [-0.39, 0.29) is 11.9 Å². The van der Waals surface area contributed by atoms with Crippen LogP contribution in [0.25, 0.3) is 0 Å². The highest BCUT2D eigenvalue weighted by atomic mass is 35.5. The lowest BCUT2D eigenvalue weighted by Gasteiger charge is -2.32. The van der Waals surface area contributed by atoms with Crippen LogP contribution in [-0.4, -0.2) is 30.4 Å². The third-order valence-electron chi connectivity index (χ3n) is 3.46. The van der Waals surface area contributed by atoms with Gasteiger partial charge in [0.1, 0.15) is 0 Å². The molecular weight excluding hydrogens is 248 g/mol. The second-order valence-electron chi connectivity index (χ2n) is 4.95. The predicted molar refractivity (Wildman–Crippen MR) is 73.7 cm³/mol. The van der Waals surface area contributed by atoms with Gasteiger partial charge in [0.05, 0.1) is 0 Å². The number of amides is 1. The highest BCUT2D eigenvalue weighted by Crippen LogP contribution is 2.19. The van der Waals surface area contributed by atoms with Crippen molar-refractivity contribution in [2.24, 2.45) is 0 Å². The lowest BCUT2D eigenvalue weighted by Crippen LogP contribution is -2.47. The van der Waals surface area contributed by atoms with Gasteiger partial charge in [0.15, 0.2) is 0 Å². The van der Waals surface area contributed by atoms with Crippen molar-refractivity contribution < 1.29 is 4.79 Å². The van der Waals surface area contributed by atoms with Crippen LogP contribution < -0.4 is 5.32 Å². The van der Waals surface area contributed by atoms with Crippen molar-refractivity contribution in [1.29, 1.82) is 0 Å². The predicted octanol–water partition coefficient (Wildman–Crippen LogP) is 2.61. The van der Waals surface area contributed by atoms with E-state index < -0.39 is 0 Å². The average Bonchev–Trinajstić information content (AvgIpc) is 2.34. The SMILES string of the molecule is CC(NC1CCC(=O)N(C)C1)c1cccc(Cl)c1. The summed E-state index contributed by atoms with van der Waals surface area (Å²) in [6, 6.07) is 8.51. The fourth-order valence-corrected chi connectivity index (χ4v) is 2.57. The monoisotopic (exact) mass is 266 g/mol. The van der Waals surface area contributed by atoms with Gasteiger partial charge in [-0.1, -0.05) is 23.7 Å². The molecule has 18 heavy (non-hydrogen) atoms. The first-order chi connectivity index (χ1) is 8.56. The van der Waals surface area contributed by atoms with Crippen molar-refractivity contribution >= 4 is 17.5 Å². The Kier molecular flexibility index (Phi) is 4.25. The fraction of sp³-hybridized carbons (Fsp3) is 0.500. The number of nitrogens with one attached hydrogen (secondary N) is 1. The second-order valence-corrected chi connectivity index (χ2v) is 5.39. The Morgan fingerprint density at radius 3 is 2.94 bits per heavy atom. The van der Waals surface area contributed by atoms with E-state index in [2.05, 4.69) is 18.3 Å². The Bertz CT molecular complexity index is 436. The topological polar surface area (TPSA) is 32.3 Å². The highest BCUT2D eigenvalue weighted by Gasteiger charge is 2.23. The Hall–Kier alpha value is -1.06. The molecule has 1 heterocycles. The first-order valence-corrected chi connectivity index (χ1v) is 6.69. The van der Waals surface area contributed by atoms with E-state index in [0.717, 1.165) is 18.0 Å². The van der Waals surface area contributed by atoms with Gasteiger partial charge in [-0.15, -0.1) is 0 Å². The van der Waals surface area contributed by atoms with E-state index in [1.807, 2.05) is 25.2 Å². The molecule has 0 spiro atoms. The summed E-state index contributed by atoms with van der Waals surface area (Å²) < 4.78 is 0. The Labute approximate surface area is 113 Å². The molecular formula is C14H19ClN2O. The van der Waals surface area contributed by atoms with Gasteiger partial charge in [-0.05, 0) is 31.0 Å². The van der Waals surface area contributed by atoms with Crippen molar-refractivity contribution in [3.05, 3.63) is 34.9 Å². The molecule has 1 fully saturated rings. The maximum atomic E-state index is 11.4. The van der Waals surface area contributed by atoms with E-state index >= 15 is 0 Å². The summed E-state index contributed by atoms with van der Waals surface area (Å²) in [5.41, 5.74) is 1.18. The molecule has 0 aliphatic carbocycles. The molecule has 0 saturated carbocycles. The van der Waals surface area contributed by atoms with Crippen LogP contribution in [0.2, 0.25) is 5.02 Å². The van der Waals surface area contributed by atoms with Gasteiger partial charge < -0.3 is 10.2 Å². The zero-order valence-corrected chi connectivity index (χ0v) is 11.6. The lowest BCUT2D eigenvalue weighted by atomic mass is 10.0. The van der Waals surface area contributed by atoms with Crippen LogP contribution in [0.5, 0.6) is 0 Å². The zero-order valence-electron chi connectivity index (χ0n) is 10.8. The Morgan fingerprint density at radius 2 is 2.28 bits per heavy atom. The number of likely N-dealkylation sites (N-methyl/N-ethyl adjacent to an activating group) is 1. The molecule has 1 aliphatic rings. The van der Waals surface area contributed by atoms with E-state index in [1.54, 1.807) is 4.90 Å². The second kappa shape index (κ2) is 5.72. The molecule has 2 unspecified atom stereocenters. The number of piperidine rings is 1. The number of carbonyl (C=O) groups excluding carboxylic acids is 1. The van der Waals surface area contributed by atoms with Crippen LogP contribution in [0.3, 0.4) is 0 Å². The largest absolute Gasteiger partial charge is 0.344 e. The molecule has 1 saturated heterocycles. The van der Waals surface area contributed by atoms with Crippen LogP contribution in [0.4, 0.5) is 0 Å². The summed E-state index contributed by atoms with van der Waals surface area (Å²) in [6.07, 6.45) is 1.55. The van der Waals surface area contributed by atoms with Gasteiger partial charge in [-0.2, -0.15) is 0 Å². The summed E-state index contributed by atoms with van der Waals surface area (Å²) in [7, 11) is 1.86. The van der Waals surface area contributed by atoms with E-state index in [9.17, 15) is 4.79 Å². The van der Waals surface area contributed by atoms with E-state index in [4.69, 9.17) is 11.6 Å². The summed E-state index contributed by atoms with van der Waals surface area (Å²) >= 11 is 5.99. The summed E-state index contributed by atoms with van der Waals surface area (Å²) in [6.45, 7) is 2.91. The fourth-order valence-electron chi connectivity index (χ4n) is 2.37. The first kappa shape index (κ1) is 13.4. The average molecular weight is 267 g/mol. The van der Waals surface area contributed by atoms with Crippen LogP contribution in [0.15, 0.2) is 24.3 Å². The van der Waals surface area contributed by atoms with E-state index in [0.29, 0.717) is 12.5 Å². The third kappa shape index (κ3) is 3.24. The molecule has 3 nitrogen and oxygen atoms in total. The van der Waals surface area contributed by atoms with Crippen LogP contribution in [0, 0.1) is 0 Å². The summed E-state index contributed by atoms with van der Waals surface area (Å²) in [5.74, 6) is 0.239. The normalized spacial score (nSPS) is 22.1. The smallest absolute Gasteiger partial charge is 0.222 e. The minimum Gasteiger partial charge on any atom is -0.344 e. The number of hydrogen-bond donors (Lipinski definition) is 1. The number of rotatable bonds is 3. The molecule has 1 N–H and O–H groups in total. The maximum Gasteiger partial charge on any atom is 0.222 e. The van der Waals surface area contributed by atoms with Crippen molar-refractivity contribution in [2.75, 3.05) is 13.6 Å². The maximum absolute atomic E-state index is 11.4. The van der Waals surface area contributed by atoms with Crippen molar-refractivity contribution in [3.8, 4) is 0 Å². The van der Waals surface area contributed by atoms with Crippen LogP contribution in [-0.2, 0) is 4.79 Å². The molecule has 1 amide bonds. The van der Waals surface area contributed by atoms with Gasteiger partial charge >= 0.3 is 0 Å². The van der Waals surface area contributed by atoms with Crippen LogP contribution in [0.1, 0.15) is 31.4 Å². The first-order valence-electron chi connectivity index (χ1n) is 6.31. The molecule has 98 valence electrons. The molecule has 0 bridgehead atoms. The van der Waals surface area contributed by atoms with E-state index in [1.165, 1.54) is 5.56 Å². The Balaban J connectivity index is 1.95. The molecule has 1 aromatic carbocycles. The van der Waals surface area contributed by atoms with Gasteiger partial charge in [0.25, 0.3) is 0 Å². The standard InChI is InChI=1S/C14H19ClN2O/c1-10(11-4-3-5-12(15)8-11)16-13-6-7-14(18)17(2)9-13/h3-5,8,10,13,16H,6-7,9H2,1-2H3. The van der Waals surface area contributed by atoms with Gasteiger partial charge in [-0.3, -0.25) is 4.79 Å². The number of likely N-dealkylation sites (tertiary alicyclic amines) is 1. The summed E-state index contributed by atoms with van der Waals surface area (Å²) in [4.78, 5) is 13.2. The molecule has 2 atom stereocenters. The summed E-state index contributed by atoms with van der Waals surface area (Å²) in [5, 5.41) is 4.32. The minimum absolute atomic E-state index is 0.239. The zero-order chi connectivity index (χ0) is 13.1. The van der Waals surface area contributed by atoms with Crippen molar-refractivity contribution in [3.63, 3.8) is 0 Å². The van der Waals surface area contributed by atoms with Crippen molar-refractivity contribution in [2.45, 2.75) is 31.8 Å². The van der Waals surface area contributed by atoms with Gasteiger partial charge in [0, 0.05) is 37.1 Å². The molecule has 1 aliphatic heterocycles. The third-order valence-corrected chi connectivity index (χ3v) is 3.70.